The van der Waals surface area contributed by atoms with Crippen molar-refractivity contribution in [3.8, 4) is 11.4 Å². The quantitative estimate of drug-likeness (QED) is 0.342. The van der Waals surface area contributed by atoms with E-state index in [4.69, 9.17) is 15.5 Å². The molecule has 8 nitrogen and oxygen atoms in total. The Hall–Kier alpha value is -2.78. The Bertz CT molecular complexity index is 1350. The highest BCUT2D eigenvalue weighted by Crippen LogP contribution is 2.46. The summed E-state index contributed by atoms with van der Waals surface area (Å²) in [4.78, 5) is 18.2. The molecule has 2 aromatic heterocycles. The molecule has 6 rings (SSSR count). The summed E-state index contributed by atoms with van der Waals surface area (Å²) in [5, 5.41) is 33.2. The first kappa shape index (κ1) is 18.9. The van der Waals surface area contributed by atoms with E-state index in [1.165, 1.54) is 0 Å². The molecule has 0 saturated heterocycles. The van der Waals surface area contributed by atoms with E-state index in [0.29, 0.717) is 41.0 Å². The Morgan fingerprint density at radius 1 is 1.29 bits per heavy atom. The summed E-state index contributed by atoms with van der Waals surface area (Å²) in [6, 6.07) is 5.42. The zero-order chi connectivity index (χ0) is 21.7. The van der Waals surface area contributed by atoms with Crippen molar-refractivity contribution in [2.24, 2.45) is 0 Å². The number of aromatic nitrogens is 2. The fourth-order valence-electron chi connectivity index (χ4n) is 5.47. The van der Waals surface area contributed by atoms with Crippen molar-refractivity contribution in [2.75, 3.05) is 5.73 Å². The first-order valence-corrected chi connectivity index (χ1v) is 10.6. The molecule has 3 aliphatic rings. The minimum atomic E-state index is -1.67. The van der Waals surface area contributed by atoms with E-state index in [1.807, 2.05) is 12.1 Å². The van der Waals surface area contributed by atoms with Gasteiger partial charge in [-0.15, -0.1) is 0 Å². The van der Waals surface area contributed by atoms with E-state index >= 15 is 0 Å². The smallest absolute Gasteiger partial charge is 0.257 e. The van der Waals surface area contributed by atoms with Gasteiger partial charge in [0.05, 0.1) is 36.2 Å². The van der Waals surface area contributed by atoms with Gasteiger partial charge in [0, 0.05) is 27.8 Å². The molecule has 2 aliphatic heterocycles. The van der Waals surface area contributed by atoms with Crippen LogP contribution in [0.1, 0.15) is 53.7 Å². The molecule has 0 bridgehead atoms. The van der Waals surface area contributed by atoms with E-state index in [9.17, 15) is 20.1 Å². The van der Waals surface area contributed by atoms with Crippen molar-refractivity contribution in [3.63, 3.8) is 0 Å². The average Bonchev–Trinajstić information content (AvgIpc) is 3.13. The number of rotatable bonds is 1. The van der Waals surface area contributed by atoms with Gasteiger partial charge >= 0.3 is 0 Å². The number of hydrogen-bond donors (Lipinski definition) is 4. The Morgan fingerprint density at radius 2 is 2.10 bits per heavy atom. The molecular formula is C23H23N3O5. The lowest BCUT2D eigenvalue weighted by Crippen LogP contribution is -2.47. The molecule has 1 aromatic carbocycles. The SMILES string of the molecule is CC[C@]1(O)c2cc3n(c(=O)c2COC1O)Cc1c-3nc2ccc(N)c3c2c1C(O)CC3. The highest BCUT2D eigenvalue weighted by atomic mass is 16.6. The third kappa shape index (κ3) is 2.28. The monoisotopic (exact) mass is 421 g/mol. The first-order chi connectivity index (χ1) is 14.8. The molecule has 0 radical (unpaired) electrons. The molecule has 160 valence electrons. The number of nitrogens with zero attached hydrogens (tertiary/aromatic N) is 2. The van der Waals surface area contributed by atoms with Gasteiger partial charge in [-0.2, -0.15) is 0 Å². The molecular weight excluding hydrogens is 398 g/mol. The van der Waals surface area contributed by atoms with Crippen LogP contribution >= 0.6 is 0 Å². The predicted octanol–water partition coefficient (Wildman–Crippen LogP) is 1.43. The second-order valence-electron chi connectivity index (χ2n) is 8.69. The summed E-state index contributed by atoms with van der Waals surface area (Å²) < 4.78 is 6.93. The molecule has 4 heterocycles. The van der Waals surface area contributed by atoms with Crippen molar-refractivity contribution in [1.82, 2.24) is 9.55 Å². The summed E-state index contributed by atoms with van der Waals surface area (Å²) in [5.74, 6) is 0. The maximum atomic E-state index is 13.4. The number of pyridine rings is 2. The van der Waals surface area contributed by atoms with Crippen molar-refractivity contribution in [1.29, 1.82) is 0 Å². The van der Waals surface area contributed by atoms with Crippen LogP contribution in [-0.4, -0.2) is 31.2 Å². The average molecular weight is 421 g/mol. The summed E-state index contributed by atoms with van der Waals surface area (Å²) in [6.07, 6.45) is -0.645. The summed E-state index contributed by atoms with van der Waals surface area (Å²) in [6.45, 7) is 1.95. The zero-order valence-electron chi connectivity index (χ0n) is 17.1. The van der Waals surface area contributed by atoms with Gasteiger partial charge in [0.15, 0.2) is 6.29 Å². The number of anilines is 1. The van der Waals surface area contributed by atoms with Crippen LogP contribution in [0.15, 0.2) is 23.0 Å². The molecule has 1 aliphatic carbocycles. The third-order valence-corrected chi connectivity index (χ3v) is 7.20. The number of ether oxygens (including phenoxy) is 1. The third-order valence-electron chi connectivity index (χ3n) is 7.20. The molecule has 3 atom stereocenters. The van der Waals surface area contributed by atoms with Crippen LogP contribution in [0, 0.1) is 0 Å². The fourth-order valence-corrected chi connectivity index (χ4v) is 5.47. The van der Waals surface area contributed by atoms with E-state index in [0.717, 1.165) is 27.6 Å². The van der Waals surface area contributed by atoms with Gasteiger partial charge < -0.3 is 30.4 Å². The maximum absolute atomic E-state index is 13.4. The van der Waals surface area contributed by atoms with Crippen molar-refractivity contribution in [2.45, 2.75) is 57.3 Å². The Morgan fingerprint density at radius 3 is 2.87 bits per heavy atom. The topological polar surface area (TPSA) is 131 Å². The van der Waals surface area contributed by atoms with E-state index in [1.54, 1.807) is 17.6 Å². The molecule has 0 fully saturated rings. The molecule has 5 N–H and O–H groups in total. The Labute approximate surface area is 177 Å². The molecule has 0 saturated carbocycles. The van der Waals surface area contributed by atoms with E-state index in [-0.39, 0.29) is 25.1 Å². The second kappa shape index (κ2) is 6.14. The second-order valence-corrected chi connectivity index (χ2v) is 8.69. The lowest BCUT2D eigenvalue weighted by atomic mass is 9.84. The van der Waals surface area contributed by atoms with Gasteiger partial charge in [-0.25, -0.2) is 4.98 Å². The number of nitrogen functional groups attached to an aromatic ring is 1. The lowest BCUT2D eigenvalue weighted by Gasteiger charge is -2.37. The maximum Gasteiger partial charge on any atom is 0.257 e. The number of fused-ring (bicyclic) bond motifs is 5. The molecule has 0 amide bonds. The summed E-state index contributed by atoms with van der Waals surface area (Å²) in [7, 11) is 0. The van der Waals surface area contributed by atoms with Crippen LogP contribution in [-0.2, 0) is 29.9 Å². The van der Waals surface area contributed by atoms with Crippen LogP contribution in [0.5, 0.6) is 0 Å². The number of benzene rings is 1. The number of aryl methyl sites for hydroxylation is 1. The number of aliphatic hydroxyl groups is 3. The summed E-state index contributed by atoms with van der Waals surface area (Å²) >= 11 is 0. The highest BCUT2D eigenvalue weighted by molar-refractivity contribution is 5.94. The van der Waals surface area contributed by atoms with Crippen LogP contribution in [0.4, 0.5) is 5.69 Å². The van der Waals surface area contributed by atoms with Crippen LogP contribution in [0.2, 0.25) is 0 Å². The molecule has 0 spiro atoms. The first-order valence-electron chi connectivity index (χ1n) is 10.6. The van der Waals surface area contributed by atoms with E-state index < -0.39 is 18.0 Å². The molecule has 3 aromatic rings. The van der Waals surface area contributed by atoms with Gasteiger partial charge in [-0.1, -0.05) is 6.92 Å². The van der Waals surface area contributed by atoms with Crippen molar-refractivity contribution in [3.05, 3.63) is 56.4 Å². The van der Waals surface area contributed by atoms with Gasteiger partial charge in [0.1, 0.15) is 5.60 Å². The minimum Gasteiger partial charge on any atom is -0.398 e. The number of nitrogens with two attached hydrogens (primary N) is 1. The Kier molecular flexibility index (Phi) is 3.75. The standard InChI is InChI=1S/C23H23N3O5/c1-2-23(30)13-7-16-20-11(8-26(16)21(28)12(13)9-31-22(23)29)19-17(27)6-3-10-14(24)4-5-15(25-20)18(10)19/h4-5,7,17,22,27,29-30H,2-3,6,8-9,24H2,1H3/t17?,22?,23-/m0/s1. The molecule has 31 heavy (non-hydrogen) atoms. The molecule has 2 unspecified atom stereocenters. The van der Waals surface area contributed by atoms with Crippen LogP contribution < -0.4 is 11.3 Å². The number of hydrogen-bond acceptors (Lipinski definition) is 7. The van der Waals surface area contributed by atoms with Crippen LogP contribution in [0.25, 0.3) is 22.3 Å². The van der Waals surface area contributed by atoms with Gasteiger partial charge in [0.2, 0.25) is 0 Å². The number of aliphatic hydroxyl groups excluding tert-OH is 2. The fraction of sp³-hybridized carbons (Fsp3) is 0.391. The predicted molar refractivity (Wildman–Crippen MR) is 113 cm³/mol. The van der Waals surface area contributed by atoms with E-state index in [2.05, 4.69) is 0 Å². The van der Waals surface area contributed by atoms with Crippen LogP contribution in [0.3, 0.4) is 0 Å². The molecule has 8 heteroatoms. The lowest BCUT2D eigenvalue weighted by molar-refractivity contribution is -0.236. The van der Waals surface area contributed by atoms with Crippen molar-refractivity contribution < 1.29 is 20.1 Å². The van der Waals surface area contributed by atoms with Gasteiger partial charge in [-0.05, 0) is 48.6 Å². The Balaban J connectivity index is 1.68. The van der Waals surface area contributed by atoms with Crippen molar-refractivity contribution >= 4 is 16.6 Å². The normalized spacial score (nSPS) is 25.9. The highest BCUT2D eigenvalue weighted by Gasteiger charge is 2.44. The van der Waals surface area contributed by atoms with Gasteiger partial charge in [0.25, 0.3) is 5.56 Å². The summed E-state index contributed by atoms with van der Waals surface area (Å²) in [5.41, 5.74) is 10.2. The largest absolute Gasteiger partial charge is 0.398 e. The minimum absolute atomic E-state index is 0.0696. The van der Waals surface area contributed by atoms with Gasteiger partial charge in [-0.3, -0.25) is 4.79 Å². The zero-order valence-corrected chi connectivity index (χ0v) is 17.1.